The zero-order chi connectivity index (χ0) is 18.2. The van der Waals surface area contributed by atoms with E-state index in [2.05, 4.69) is 10.1 Å². The molecule has 0 saturated carbocycles. The van der Waals surface area contributed by atoms with Crippen LogP contribution in [0.5, 0.6) is 0 Å². The molecule has 0 spiro atoms. The number of methoxy groups -OCH3 is 1. The third kappa shape index (κ3) is 5.90. The third-order valence-electron chi connectivity index (χ3n) is 3.55. The molecule has 0 fully saturated rings. The Labute approximate surface area is 150 Å². The summed E-state index contributed by atoms with van der Waals surface area (Å²) in [5.74, 6) is 1.15. The van der Waals surface area contributed by atoms with Gasteiger partial charge in [0.2, 0.25) is 11.8 Å². The minimum atomic E-state index is -0.444. The van der Waals surface area contributed by atoms with E-state index >= 15 is 0 Å². The molecule has 7 nitrogen and oxygen atoms in total. The van der Waals surface area contributed by atoms with E-state index in [4.69, 9.17) is 9.26 Å². The minimum Gasteiger partial charge on any atom is -0.468 e. The van der Waals surface area contributed by atoms with Crippen LogP contribution >= 0.6 is 11.8 Å². The maximum atomic E-state index is 12.5. The summed E-state index contributed by atoms with van der Waals surface area (Å²) in [7, 11) is 1.31. The number of aromatic nitrogens is 2. The van der Waals surface area contributed by atoms with E-state index in [9.17, 15) is 9.59 Å². The van der Waals surface area contributed by atoms with Crippen LogP contribution in [0.1, 0.15) is 22.8 Å². The fraction of sp³-hybridized carbons (Fsp3) is 0.412. The van der Waals surface area contributed by atoms with Crippen molar-refractivity contribution >= 4 is 23.6 Å². The van der Waals surface area contributed by atoms with Gasteiger partial charge < -0.3 is 14.2 Å². The van der Waals surface area contributed by atoms with Crippen LogP contribution in [0.3, 0.4) is 0 Å². The lowest BCUT2D eigenvalue weighted by atomic mass is 10.1. The molecule has 0 aliphatic carbocycles. The molecular formula is C17H21N3O4S. The van der Waals surface area contributed by atoms with Crippen LogP contribution in [0.25, 0.3) is 0 Å². The predicted octanol–water partition coefficient (Wildman–Crippen LogP) is 2.12. The number of aryl methyl sites for hydroxylation is 2. The van der Waals surface area contributed by atoms with Gasteiger partial charge >= 0.3 is 5.97 Å². The summed E-state index contributed by atoms with van der Waals surface area (Å²) in [5, 5.41) is 3.79. The highest BCUT2D eigenvalue weighted by molar-refractivity contribution is 7.99. The molecule has 0 unspecified atom stereocenters. The van der Waals surface area contributed by atoms with Crippen molar-refractivity contribution in [2.45, 2.75) is 26.1 Å². The Balaban J connectivity index is 1.97. The van der Waals surface area contributed by atoms with Gasteiger partial charge in [0.25, 0.3) is 0 Å². The van der Waals surface area contributed by atoms with Crippen LogP contribution in [0.2, 0.25) is 0 Å². The molecule has 0 N–H and O–H groups in total. The number of ether oxygens (including phenoxy) is 1. The molecule has 0 bridgehead atoms. The van der Waals surface area contributed by atoms with Crippen LogP contribution in [0.15, 0.2) is 28.8 Å². The third-order valence-corrected chi connectivity index (χ3v) is 4.46. The fourth-order valence-corrected chi connectivity index (χ4v) is 2.93. The highest BCUT2D eigenvalue weighted by Crippen LogP contribution is 2.14. The summed E-state index contributed by atoms with van der Waals surface area (Å²) >= 11 is 1.38. The molecule has 0 radical (unpaired) electrons. The zero-order valence-electron chi connectivity index (χ0n) is 14.5. The van der Waals surface area contributed by atoms with Gasteiger partial charge in [0, 0.05) is 13.5 Å². The Morgan fingerprint density at radius 1 is 1.28 bits per heavy atom. The molecular weight excluding hydrogens is 342 g/mol. The molecule has 1 aromatic carbocycles. The molecule has 1 heterocycles. The van der Waals surface area contributed by atoms with Crippen molar-refractivity contribution in [2.75, 3.05) is 19.4 Å². The van der Waals surface area contributed by atoms with Crippen molar-refractivity contribution in [2.24, 2.45) is 0 Å². The lowest BCUT2D eigenvalue weighted by molar-refractivity contribution is -0.146. The summed E-state index contributed by atoms with van der Waals surface area (Å²) in [6, 6.07) is 7.77. The second-order valence-corrected chi connectivity index (χ2v) is 6.46. The first-order chi connectivity index (χ1) is 12.0. The van der Waals surface area contributed by atoms with Gasteiger partial charge in [0.15, 0.2) is 5.82 Å². The fourth-order valence-electron chi connectivity index (χ4n) is 2.17. The van der Waals surface area contributed by atoms with Gasteiger partial charge in [0.05, 0.1) is 18.6 Å². The van der Waals surface area contributed by atoms with Gasteiger partial charge in [-0.2, -0.15) is 4.98 Å². The van der Waals surface area contributed by atoms with Crippen molar-refractivity contribution < 1.29 is 18.8 Å². The van der Waals surface area contributed by atoms with Crippen LogP contribution in [-0.2, 0) is 26.6 Å². The van der Waals surface area contributed by atoms with Crippen molar-refractivity contribution in [1.82, 2.24) is 15.0 Å². The second-order valence-electron chi connectivity index (χ2n) is 5.47. The number of rotatable bonds is 8. The first-order valence-corrected chi connectivity index (χ1v) is 8.91. The van der Waals surface area contributed by atoms with E-state index in [1.54, 1.807) is 6.92 Å². The molecule has 2 rings (SSSR count). The van der Waals surface area contributed by atoms with Crippen LogP contribution in [-0.4, -0.2) is 46.3 Å². The molecule has 134 valence electrons. The first kappa shape index (κ1) is 19.0. The first-order valence-electron chi connectivity index (χ1n) is 7.75. The van der Waals surface area contributed by atoms with Crippen molar-refractivity contribution in [3.05, 3.63) is 47.1 Å². The monoisotopic (exact) mass is 363 g/mol. The van der Waals surface area contributed by atoms with Crippen molar-refractivity contribution in [3.63, 3.8) is 0 Å². The average Bonchev–Trinajstić information content (AvgIpc) is 3.01. The van der Waals surface area contributed by atoms with E-state index in [1.165, 1.54) is 23.8 Å². The predicted molar refractivity (Wildman–Crippen MR) is 93.8 cm³/mol. The summed E-state index contributed by atoms with van der Waals surface area (Å²) in [6.07, 6.45) is 0. The number of benzene rings is 1. The highest BCUT2D eigenvalue weighted by Gasteiger charge is 2.19. The maximum Gasteiger partial charge on any atom is 0.325 e. The zero-order valence-corrected chi connectivity index (χ0v) is 15.3. The normalized spacial score (nSPS) is 10.5. The SMILES string of the molecule is COC(=O)CN(Cc1ccccc1C)C(=O)CSCc1noc(C)n1. The lowest BCUT2D eigenvalue weighted by Crippen LogP contribution is -2.37. The summed E-state index contributed by atoms with van der Waals surface area (Å²) in [6.45, 7) is 3.98. The van der Waals surface area contributed by atoms with E-state index in [0.717, 1.165) is 11.1 Å². The van der Waals surface area contributed by atoms with Gasteiger partial charge in [-0.05, 0) is 18.1 Å². The number of esters is 1. The molecule has 0 saturated heterocycles. The maximum absolute atomic E-state index is 12.5. The van der Waals surface area contributed by atoms with Crippen LogP contribution < -0.4 is 0 Å². The number of carbonyl (C=O) groups is 2. The number of hydrogen-bond acceptors (Lipinski definition) is 7. The largest absolute Gasteiger partial charge is 0.468 e. The Bertz CT molecular complexity index is 732. The lowest BCUT2D eigenvalue weighted by Gasteiger charge is -2.22. The number of hydrogen-bond donors (Lipinski definition) is 0. The average molecular weight is 363 g/mol. The van der Waals surface area contributed by atoms with E-state index in [1.807, 2.05) is 31.2 Å². The molecule has 0 aliphatic heterocycles. The molecule has 1 aromatic heterocycles. The molecule has 8 heteroatoms. The van der Waals surface area contributed by atoms with Crippen molar-refractivity contribution in [3.8, 4) is 0 Å². The van der Waals surface area contributed by atoms with E-state index in [-0.39, 0.29) is 18.2 Å². The Kier molecular flexibility index (Phi) is 7.00. The van der Waals surface area contributed by atoms with E-state index in [0.29, 0.717) is 24.0 Å². The summed E-state index contributed by atoms with van der Waals surface area (Å²) < 4.78 is 9.60. The summed E-state index contributed by atoms with van der Waals surface area (Å²) in [5.41, 5.74) is 2.07. The smallest absolute Gasteiger partial charge is 0.325 e. The second kappa shape index (κ2) is 9.22. The quantitative estimate of drug-likeness (QED) is 0.664. The molecule has 25 heavy (non-hydrogen) atoms. The summed E-state index contributed by atoms with van der Waals surface area (Å²) in [4.78, 5) is 29.8. The van der Waals surface area contributed by atoms with Crippen molar-refractivity contribution in [1.29, 1.82) is 0 Å². The Morgan fingerprint density at radius 3 is 2.68 bits per heavy atom. The van der Waals surface area contributed by atoms with Gasteiger partial charge in [-0.3, -0.25) is 9.59 Å². The van der Waals surface area contributed by atoms with Crippen LogP contribution in [0.4, 0.5) is 0 Å². The molecule has 0 atom stereocenters. The molecule has 0 aliphatic rings. The number of carbonyl (C=O) groups excluding carboxylic acids is 2. The van der Waals surface area contributed by atoms with Crippen LogP contribution in [0, 0.1) is 13.8 Å². The standard InChI is InChI=1S/C17H21N3O4S/c1-12-6-4-5-7-14(12)8-20(9-17(22)23-3)16(21)11-25-10-15-18-13(2)24-19-15/h4-7H,8-11H2,1-3H3. The van der Waals surface area contributed by atoms with Gasteiger partial charge in [-0.1, -0.05) is 29.4 Å². The number of nitrogens with zero attached hydrogens (tertiary/aromatic N) is 3. The molecule has 2 aromatic rings. The Morgan fingerprint density at radius 2 is 2.04 bits per heavy atom. The number of amides is 1. The van der Waals surface area contributed by atoms with E-state index < -0.39 is 5.97 Å². The minimum absolute atomic E-state index is 0.0778. The Hall–Kier alpha value is -2.35. The highest BCUT2D eigenvalue weighted by atomic mass is 32.2. The van der Waals surface area contributed by atoms with Gasteiger partial charge in [0.1, 0.15) is 6.54 Å². The van der Waals surface area contributed by atoms with Gasteiger partial charge in [-0.15, -0.1) is 11.8 Å². The molecule has 1 amide bonds. The van der Waals surface area contributed by atoms with Gasteiger partial charge in [-0.25, -0.2) is 0 Å². The topological polar surface area (TPSA) is 85.5 Å². The number of thioether (sulfide) groups is 1.